The van der Waals surface area contributed by atoms with Crippen LogP contribution in [0.25, 0.3) is 11.3 Å². The Kier molecular flexibility index (Phi) is 3.06. The van der Waals surface area contributed by atoms with Crippen LogP contribution in [-0.2, 0) is 0 Å². The molecule has 0 unspecified atom stereocenters. The molecule has 0 saturated carbocycles. The molecular formula is C12H9ClN2O2. The molecule has 4 nitrogen and oxygen atoms in total. The Morgan fingerprint density at radius 3 is 2.71 bits per heavy atom. The van der Waals surface area contributed by atoms with Gasteiger partial charge in [0.2, 0.25) is 5.82 Å². The van der Waals surface area contributed by atoms with Gasteiger partial charge in [0, 0.05) is 16.3 Å². The Morgan fingerprint density at radius 1 is 1.29 bits per heavy atom. The zero-order chi connectivity index (χ0) is 12.4. The van der Waals surface area contributed by atoms with Crippen molar-refractivity contribution in [2.75, 3.05) is 0 Å². The molecule has 0 fully saturated rings. The maximum absolute atomic E-state index is 10.9. The van der Waals surface area contributed by atoms with Gasteiger partial charge >= 0.3 is 5.97 Å². The van der Waals surface area contributed by atoms with Crippen molar-refractivity contribution in [3.63, 3.8) is 0 Å². The number of benzene rings is 1. The van der Waals surface area contributed by atoms with Crippen LogP contribution in [0.3, 0.4) is 0 Å². The third-order valence-electron chi connectivity index (χ3n) is 2.17. The number of nitrogens with zero attached hydrogens (tertiary/aromatic N) is 2. The summed E-state index contributed by atoms with van der Waals surface area (Å²) in [5.74, 6) is -1.35. The van der Waals surface area contributed by atoms with E-state index in [1.807, 2.05) is 6.07 Å². The van der Waals surface area contributed by atoms with E-state index in [0.717, 1.165) is 5.56 Å². The van der Waals surface area contributed by atoms with E-state index in [9.17, 15) is 4.79 Å². The standard InChI is InChI=1S/C12H9ClN2O2/c1-7-5-10(15-11(14-7)12(16)17)8-3-2-4-9(13)6-8/h2-6H,1H3,(H,16,17). The second kappa shape index (κ2) is 4.51. The van der Waals surface area contributed by atoms with Gasteiger partial charge in [0.15, 0.2) is 0 Å². The molecule has 0 atom stereocenters. The fourth-order valence-corrected chi connectivity index (χ4v) is 1.65. The first-order valence-electron chi connectivity index (χ1n) is 4.91. The fourth-order valence-electron chi connectivity index (χ4n) is 1.46. The molecule has 0 spiro atoms. The van der Waals surface area contributed by atoms with Gasteiger partial charge in [-0.1, -0.05) is 23.7 Å². The summed E-state index contributed by atoms with van der Waals surface area (Å²) in [4.78, 5) is 18.7. The van der Waals surface area contributed by atoms with Crippen molar-refractivity contribution < 1.29 is 9.90 Å². The number of carbonyl (C=O) groups is 1. The van der Waals surface area contributed by atoms with Gasteiger partial charge in [0.05, 0.1) is 5.69 Å². The minimum atomic E-state index is -1.14. The predicted molar refractivity (Wildman–Crippen MR) is 64.2 cm³/mol. The molecule has 0 amide bonds. The maximum Gasteiger partial charge on any atom is 0.373 e. The van der Waals surface area contributed by atoms with E-state index in [2.05, 4.69) is 9.97 Å². The number of carboxylic acid groups (broad SMARTS) is 1. The lowest BCUT2D eigenvalue weighted by Gasteiger charge is -2.04. The molecule has 0 aliphatic rings. The molecule has 5 heteroatoms. The minimum absolute atomic E-state index is 0.208. The topological polar surface area (TPSA) is 63.1 Å². The van der Waals surface area contributed by atoms with Crippen molar-refractivity contribution >= 4 is 17.6 Å². The molecule has 86 valence electrons. The van der Waals surface area contributed by atoms with Gasteiger partial charge in [-0.2, -0.15) is 0 Å². The summed E-state index contributed by atoms with van der Waals surface area (Å²) in [5, 5.41) is 9.46. The van der Waals surface area contributed by atoms with Gasteiger partial charge in [-0.25, -0.2) is 14.8 Å². The molecule has 1 aromatic heterocycles. The summed E-state index contributed by atoms with van der Waals surface area (Å²) < 4.78 is 0. The number of rotatable bonds is 2. The van der Waals surface area contributed by atoms with E-state index in [-0.39, 0.29) is 5.82 Å². The van der Waals surface area contributed by atoms with Crippen LogP contribution in [0.15, 0.2) is 30.3 Å². The molecule has 0 radical (unpaired) electrons. The van der Waals surface area contributed by atoms with Crippen LogP contribution in [0.1, 0.15) is 16.3 Å². The highest BCUT2D eigenvalue weighted by Gasteiger charge is 2.10. The zero-order valence-electron chi connectivity index (χ0n) is 9.01. The molecule has 1 heterocycles. The number of carboxylic acids is 1. The van der Waals surface area contributed by atoms with Crippen molar-refractivity contribution in [2.24, 2.45) is 0 Å². The van der Waals surface area contributed by atoms with Crippen molar-refractivity contribution in [2.45, 2.75) is 6.92 Å². The highest BCUT2D eigenvalue weighted by molar-refractivity contribution is 6.30. The minimum Gasteiger partial charge on any atom is -0.475 e. The maximum atomic E-state index is 10.9. The van der Waals surface area contributed by atoms with Crippen LogP contribution < -0.4 is 0 Å². The molecule has 2 aromatic rings. The Labute approximate surface area is 103 Å². The molecule has 2 rings (SSSR count). The quantitative estimate of drug-likeness (QED) is 0.888. The summed E-state index contributed by atoms with van der Waals surface area (Å²) in [6.45, 7) is 1.72. The van der Waals surface area contributed by atoms with Gasteiger partial charge in [0.1, 0.15) is 0 Å². The van der Waals surface area contributed by atoms with Crippen LogP contribution in [0.5, 0.6) is 0 Å². The van der Waals surface area contributed by atoms with E-state index in [0.29, 0.717) is 16.4 Å². The number of hydrogen-bond acceptors (Lipinski definition) is 3. The second-order valence-corrected chi connectivity index (χ2v) is 3.97. The Morgan fingerprint density at radius 2 is 2.06 bits per heavy atom. The Balaban J connectivity index is 2.56. The lowest BCUT2D eigenvalue weighted by Crippen LogP contribution is -2.06. The average molecular weight is 249 g/mol. The SMILES string of the molecule is Cc1cc(-c2cccc(Cl)c2)nc(C(=O)O)n1. The number of aryl methyl sites for hydroxylation is 1. The third kappa shape index (κ3) is 2.60. The van der Waals surface area contributed by atoms with E-state index in [4.69, 9.17) is 16.7 Å². The van der Waals surface area contributed by atoms with Gasteiger partial charge in [-0.05, 0) is 25.1 Å². The van der Waals surface area contributed by atoms with Crippen molar-refractivity contribution in [3.8, 4) is 11.3 Å². The molecule has 17 heavy (non-hydrogen) atoms. The third-order valence-corrected chi connectivity index (χ3v) is 2.40. The lowest BCUT2D eigenvalue weighted by molar-refractivity contribution is 0.0683. The van der Waals surface area contributed by atoms with E-state index < -0.39 is 5.97 Å². The van der Waals surface area contributed by atoms with Crippen LogP contribution in [0.4, 0.5) is 0 Å². The van der Waals surface area contributed by atoms with Crippen LogP contribution in [-0.4, -0.2) is 21.0 Å². The van der Waals surface area contributed by atoms with Crippen molar-refractivity contribution in [1.82, 2.24) is 9.97 Å². The molecule has 1 N–H and O–H groups in total. The number of aromatic nitrogens is 2. The second-order valence-electron chi connectivity index (χ2n) is 3.53. The molecule has 0 aliphatic heterocycles. The number of aromatic carboxylic acids is 1. The van der Waals surface area contributed by atoms with Gasteiger partial charge in [-0.3, -0.25) is 0 Å². The van der Waals surface area contributed by atoms with Crippen molar-refractivity contribution in [1.29, 1.82) is 0 Å². The molecule has 1 aromatic carbocycles. The molecular weight excluding hydrogens is 240 g/mol. The summed E-state index contributed by atoms with van der Waals surface area (Å²) in [5.41, 5.74) is 1.93. The van der Waals surface area contributed by atoms with Gasteiger partial charge in [-0.15, -0.1) is 0 Å². The number of halogens is 1. The Bertz CT molecular complexity index is 584. The summed E-state index contributed by atoms with van der Waals surface area (Å²) in [6, 6.07) is 8.80. The first-order chi connectivity index (χ1) is 8.06. The highest BCUT2D eigenvalue weighted by atomic mass is 35.5. The largest absolute Gasteiger partial charge is 0.475 e. The summed E-state index contributed by atoms with van der Waals surface area (Å²) in [7, 11) is 0. The lowest BCUT2D eigenvalue weighted by atomic mass is 10.1. The van der Waals surface area contributed by atoms with E-state index in [1.54, 1.807) is 31.2 Å². The van der Waals surface area contributed by atoms with E-state index in [1.165, 1.54) is 0 Å². The average Bonchev–Trinajstić information content (AvgIpc) is 2.28. The monoisotopic (exact) mass is 248 g/mol. The van der Waals surface area contributed by atoms with Crippen LogP contribution in [0.2, 0.25) is 5.02 Å². The highest BCUT2D eigenvalue weighted by Crippen LogP contribution is 2.21. The van der Waals surface area contributed by atoms with Gasteiger partial charge < -0.3 is 5.11 Å². The fraction of sp³-hybridized carbons (Fsp3) is 0.0833. The van der Waals surface area contributed by atoms with Crippen LogP contribution >= 0.6 is 11.6 Å². The Hall–Kier alpha value is -1.94. The summed E-state index contributed by atoms with van der Waals surface area (Å²) in [6.07, 6.45) is 0. The van der Waals surface area contributed by atoms with Gasteiger partial charge in [0.25, 0.3) is 0 Å². The molecule has 0 bridgehead atoms. The zero-order valence-corrected chi connectivity index (χ0v) is 9.77. The van der Waals surface area contributed by atoms with Crippen molar-refractivity contribution in [3.05, 3.63) is 46.9 Å². The summed E-state index contributed by atoms with van der Waals surface area (Å²) >= 11 is 5.88. The first kappa shape index (κ1) is 11.5. The molecule has 0 aliphatic carbocycles. The normalized spacial score (nSPS) is 10.2. The smallest absolute Gasteiger partial charge is 0.373 e. The number of hydrogen-bond donors (Lipinski definition) is 1. The van der Waals surface area contributed by atoms with E-state index >= 15 is 0 Å². The first-order valence-corrected chi connectivity index (χ1v) is 5.29. The predicted octanol–water partition coefficient (Wildman–Crippen LogP) is 2.80. The van der Waals surface area contributed by atoms with Crippen LogP contribution in [0, 0.1) is 6.92 Å². The molecule has 0 saturated heterocycles.